The summed E-state index contributed by atoms with van der Waals surface area (Å²) in [6, 6.07) is 62.3. The first kappa shape index (κ1) is 28.3. The molecule has 9 aromatic carbocycles. The summed E-state index contributed by atoms with van der Waals surface area (Å²) in [6.45, 7) is 0. The monoisotopic (exact) mass is 635 g/mol. The van der Waals surface area contributed by atoms with Gasteiger partial charge < -0.3 is 0 Å². The molecule has 0 N–H and O–H groups in total. The number of rotatable bonds is 4. The highest BCUT2D eigenvalue weighted by atomic mass is 15.0. The highest BCUT2D eigenvalue weighted by molar-refractivity contribution is 6.17. The molecule has 0 spiro atoms. The Kier molecular flexibility index (Phi) is 6.49. The molecule has 0 unspecified atom stereocenters. The zero-order valence-corrected chi connectivity index (χ0v) is 27.1. The molecule has 50 heavy (non-hydrogen) atoms. The van der Waals surface area contributed by atoms with Gasteiger partial charge in [0, 0.05) is 16.7 Å². The fraction of sp³-hybridized carbons (Fsp3) is 0. The average molecular weight is 636 g/mol. The van der Waals surface area contributed by atoms with Gasteiger partial charge in [-0.15, -0.1) is 0 Å². The summed E-state index contributed by atoms with van der Waals surface area (Å²) >= 11 is 0. The molecule has 0 bridgehead atoms. The van der Waals surface area contributed by atoms with Crippen molar-refractivity contribution in [1.82, 2.24) is 15.0 Å². The number of fused-ring (bicyclic) bond motifs is 7. The molecule has 0 aliphatic rings. The molecule has 3 heteroatoms. The number of hydrogen-bond acceptors (Lipinski definition) is 3. The predicted molar refractivity (Wildman–Crippen MR) is 209 cm³/mol. The van der Waals surface area contributed by atoms with Gasteiger partial charge in [0.1, 0.15) is 0 Å². The largest absolute Gasteiger partial charge is 0.208 e. The lowest BCUT2D eigenvalue weighted by molar-refractivity contribution is 1.08. The average Bonchev–Trinajstić information content (AvgIpc) is 3.20. The zero-order valence-electron chi connectivity index (χ0n) is 27.1. The third-order valence-electron chi connectivity index (χ3n) is 9.91. The molecule has 0 aliphatic carbocycles. The normalized spacial score (nSPS) is 11.6. The van der Waals surface area contributed by atoms with Crippen molar-refractivity contribution in [3.63, 3.8) is 0 Å². The van der Waals surface area contributed by atoms with Gasteiger partial charge in [-0.25, -0.2) is 15.0 Å². The van der Waals surface area contributed by atoms with Crippen LogP contribution < -0.4 is 0 Å². The van der Waals surface area contributed by atoms with Gasteiger partial charge in [0.05, 0.1) is 0 Å². The van der Waals surface area contributed by atoms with Gasteiger partial charge in [0.2, 0.25) is 0 Å². The van der Waals surface area contributed by atoms with Crippen molar-refractivity contribution in [3.05, 3.63) is 176 Å². The van der Waals surface area contributed by atoms with Gasteiger partial charge in [0.25, 0.3) is 0 Å². The third-order valence-corrected chi connectivity index (χ3v) is 9.91. The molecule has 10 rings (SSSR count). The molecule has 1 heterocycles. The molecular formula is C47H29N3. The highest BCUT2D eigenvalue weighted by Gasteiger charge is 2.16. The summed E-state index contributed by atoms with van der Waals surface area (Å²) in [5, 5.41) is 12.1. The van der Waals surface area contributed by atoms with Crippen LogP contribution in [0.4, 0.5) is 0 Å². The maximum atomic E-state index is 5.14. The topological polar surface area (TPSA) is 38.7 Å². The SMILES string of the molecule is c1ccc2c(-c3ccc(-c4nc(-c5ccc6c(ccc7c8ccccc8ccc67)c5)nc(-c5cccc6ccccc56)n4)cc3)cccc2c1. The Morgan fingerprint density at radius 1 is 0.240 bits per heavy atom. The second-order valence-electron chi connectivity index (χ2n) is 12.8. The summed E-state index contributed by atoms with van der Waals surface area (Å²) in [5.74, 6) is 1.95. The van der Waals surface area contributed by atoms with E-state index in [0.29, 0.717) is 17.5 Å². The molecule has 0 radical (unpaired) electrons. The van der Waals surface area contributed by atoms with Crippen LogP contribution >= 0.6 is 0 Å². The molecule has 3 nitrogen and oxygen atoms in total. The Labute approximate surface area is 289 Å². The van der Waals surface area contributed by atoms with Crippen LogP contribution in [0.5, 0.6) is 0 Å². The standard InChI is InChI=1S/C47H29N3/c1-4-14-37-30(9-1)12-7-17-38(37)33-19-21-34(22-20-33)45-48-46(50-47(49-45)44-18-8-13-31-10-2-6-16-40(31)44)36-25-26-41-35(29-36)24-28-42-39-15-5-3-11-32(39)23-27-43(41)42/h1-29H. The predicted octanol–water partition coefficient (Wildman–Crippen LogP) is 12.3. The van der Waals surface area contributed by atoms with E-state index in [1.54, 1.807) is 0 Å². The molecule has 1 aromatic heterocycles. The van der Waals surface area contributed by atoms with Gasteiger partial charge in [0.15, 0.2) is 17.5 Å². The molecule has 0 saturated heterocycles. The van der Waals surface area contributed by atoms with Crippen LogP contribution in [0.1, 0.15) is 0 Å². The van der Waals surface area contributed by atoms with E-state index < -0.39 is 0 Å². The number of aromatic nitrogens is 3. The maximum absolute atomic E-state index is 5.14. The van der Waals surface area contributed by atoms with Crippen molar-refractivity contribution in [2.24, 2.45) is 0 Å². The van der Waals surface area contributed by atoms with Crippen LogP contribution in [0, 0.1) is 0 Å². The van der Waals surface area contributed by atoms with Gasteiger partial charge in [-0.1, -0.05) is 170 Å². The zero-order chi connectivity index (χ0) is 33.0. The Morgan fingerprint density at radius 3 is 1.38 bits per heavy atom. The van der Waals surface area contributed by atoms with Gasteiger partial charge in [-0.3, -0.25) is 0 Å². The maximum Gasteiger partial charge on any atom is 0.164 e. The molecule has 0 atom stereocenters. The first-order valence-corrected chi connectivity index (χ1v) is 16.9. The molecule has 232 valence electrons. The second kappa shape index (κ2) is 11.5. The van der Waals surface area contributed by atoms with Crippen LogP contribution in [0.15, 0.2) is 176 Å². The quantitative estimate of drug-likeness (QED) is 0.181. The van der Waals surface area contributed by atoms with Gasteiger partial charge in [-0.2, -0.15) is 0 Å². The summed E-state index contributed by atoms with van der Waals surface area (Å²) in [6.07, 6.45) is 0. The lowest BCUT2D eigenvalue weighted by Crippen LogP contribution is -2.00. The lowest BCUT2D eigenvalue weighted by atomic mass is 9.96. The smallest absolute Gasteiger partial charge is 0.164 e. The van der Waals surface area contributed by atoms with E-state index >= 15 is 0 Å². The van der Waals surface area contributed by atoms with Crippen molar-refractivity contribution in [2.75, 3.05) is 0 Å². The molecule has 0 aliphatic heterocycles. The van der Waals surface area contributed by atoms with Crippen molar-refractivity contribution in [1.29, 1.82) is 0 Å². The van der Waals surface area contributed by atoms with Crippen LogP contribution in [0.3, 0.4) is 0 Å². The second-order valence-corrected chi connectivity index (χ2v) is 12.8. The number of benzene rings is 9. The third kappa shape index (κ3) is 4.71. The van der Waals surface area contributed by atoms with E-state index in [9.17, 15) is 0 Å². The minimum absolute atomic E-state index is 0.646. The van der Waals surface area contributed by atoms with Gasteiger partial charge >= 0.3 is 0 Å². The van der Waals surface area contributed by atoms with Crippen molar-refractivity contribution >= 4 is 53.9 Å². The molecule has 0 fully saturated rings. The van der Waals surface area contributed by atoms with E-state index in [-0.39, 0.29) is 0 Å². The summed E-state index contributed by atoms with van der Waals surface area (Å²) in [5.41, 5.74) is 5.25. The number of hydrogen-bond donors (Lipinski definition) is 0. The number of nitrogens with zero attached hydrogens (tertiary/aromatic N) is 3. The van der Waals surface area contributed by atoms with Crippen LogP contribution in [0.2, 0.25) is 0 Å². The fourth-order valence-electron chi connectivity index (χ4n) is 7.42. The van der Waals surface area contributed by atoms with Crippen molar-refractivity contribution in [2.45, 2.75) is 0 Å². The minimum atomic E-state index is 0.646. The molecular weight excluding hydrogens is 607 g/mol. The minimum Gasteiger partial charge on any atom is -0.208 e. The van der Waals surface area contributed by atoms with E-state index in [4.69, 9.17) is 15.0 Å². The molecule has 10 aromatic rings. The first-order valence-electron chi connectivity index (χ1n) is 16.9. The first-order chi connectivity index (χ1) is 24.8. The van der Waals surface area contributed by atoms with Crippen molar-refractivity contribution in [3.8, 4) is 45.3 Å². The van der Waals surface area contributed by atoms with Crippen LogP contribution in [-0.2, 0) is 0 Å². The Hall–Kier alpha value is -6.71. The van der Waals surface area contributed by atoms with Crippen molar-refractivity contribution < 1.29 is 0 Å². The fourth-order valence-corrected chi connectivity index (χ4v) is 7.42. The van der Waals surface area contributed by atoms with Crippen LogP contribution in [0.25, 0.3) is 99.2 Å². The van der Waals surface area contributed by atoms with E-state index in [2.05, 4.69) is 176 Å². The Morgan fingerprint density at radius 2 is 0.680 bits per heavy atom. The van der Waals surface area contributed by atoms with Gasteiger partial charge in [-0.05, 0) is 71.1 Å². The van der Waals surface area contributed by atoms with Crippen LogP contribution in [-0.4, -0.2) is 15.0 Å². The molecule has 0 saturated carbocycles. The summed E-state index contributed by atoms with van der Waals surface area (Å²) in [7, 11) is 0. The highest BCUT2D eigenvalue weighted by Crippen LogP contribution is 2.35. The lowest BCUT2D eigenvalue weighted by Gasteiger charge is -2.12. The molecule has 0 amide bonds. The van der Waals surface area contributed by atoms with E-state index in [1.165, 1.54) is 43.3 Å². The van der Waals surface area contributed by atoms with E-state index in [0.717, 1.165) is 38.4 Å². The Balaban J connectivity index is 1.13. The summed E-state index contributed by atoms with van der Waals surface area (Å²) < 4.78 is 0. The van der Waals surface area contributed by atoms with E-state index in [1.807, 2.05) is 0 Å². The summed E-state index contributed by atoms with van der Waals surface area (Å²) in [4.78, 5) is 15.4. The Bertz CT molecular complexity index is 2920.